The summed E-state index contributed by atoms with van der Waals surface area (Å²) in [6, 6.07) is 17.3. The van der Waals surface area contributed by atoms with E-state index in [0.29, 0.717) is 6.54 Å². The Morgan fingerprint density at radius 2 is 1.65 bits per heavy atom. The first kappa shape index (κ1) is 11.9. The Morgan fingerprint density at radius 3 is 2.29 bits per heavy atom. The van der Waals surface area contributed by atoms with E-state index in [1.807, 2.05) is 54.6 Å². The molecule has 0 heterocycles. The van der Waals surface area contributed by atoms with Crippen LogP contribution < -0.4 is 0 Å². The van der Waals surface area contributed by atoms with Gasteiger partial charge in [-0.25, -0.2) is 4.74 Å². The quantitative estimate of drug-likeness (QED) is 0.367. The van der Waals surface area contributed by atoms with Crippen molar-refractivity contribution in [3.05, 3.63) is 75.4 Å². The Balaban J connectivity index is 2.09. The number of hydrogen-bond acceptors (Lipinski definition) is 1. The van der Waals surface area contributed by atoms with E-state index >= 15 is 0 Å². The van der Waals surface area contributed by atoms with Gasteiger partial charge in [0.2, 0.25) is 0 Å². The van der Waals surface area contributed by atoms with Crippen LogP contribution in [0.3, 0.4) is 0 Å². The van der Waals surface area contributed by atoms with Gasteiger partial charge in [0.25, 0.3) is 0 Å². The molecule has 0 aliphatic heterocycles. The van der Waals surface area contributed by atoms with Gasteiger partial charge in [-0.3, -0.25) is 0 Å². The molecule has 0 aliphatic rings. The number of benzene rings is 2. The lowest BCUT2D eigenvalue weighted by Gasteiger charge is -2.04. The minimum absolute atomic E-state index is 0.372. The van der Waals surface area contributed by atoms with Gasteiger partial charge in [0.1, 0.15) is 0 Å². The molecule has 2 nitrogen and oxygen atoms in total. The molecule has 0 saturated heterocycles. The Bertz CT molecular complexity index is 506. The first-order valence-electron chi connectivity index (χ1n) is 5.32. The van der Waals surface area contributed by atoms with Crippen molar-refractivity contribution < 1.29 is 4.74 Å². The summed E-state index contributed by atoms with van der Waals surface area (Å²) >= 11 is 3.36. The van der Waals surface area contributed by atoms with Gasteiger partial charge in [0, 0.05) is 15.6 Å². The van der Waals surface area contributed by atoms with Gasteiger partial charge in [-0.1, -0.05) is 46.3 Å². The molecule has 0 fully saturated rings. The third-order valence-corrected chi connectivity index (χ3v) is 2.87. The molecule has 0 atom stereocenters. The highest BCUT2D eigenvalue weighted by molar-refractivity contribution is 9.10. The van der Waals surface area contributed by atoms with Gasteiger partial charge in [-0.05, 0) is 24.3 Å². The van der Waals surface area contributed by atoms with Crippen molar-refractivity contribution in [1.29, 1.82) is 0 Å². The Labute approximate surface area is 109 Å². The van der Waals surface area contributed by atoms with E-state index in [1.165, 1.54) is 0 Å². The van der Waals surface area contributed by atoms with Crippen LogP contribution >= 0.6 is 15.9 Å². The smallest absolute Gasteiger partial charge is 0.182 e. The van der Waals surface area contributed by atoms with Gasteiger partial charge in [-0.2, -0.15) is 0 Å². The number of rotatable bonds is 3. The molecule has 0 unspecified atom stereocenters. The molecule has 2 aromatic rings. The van der Waals surface area contributed by atoms with Crippen LogP contribution in [0.4, 0.5) is 0 Å². The summed E-state index contributed by atoms with van der Waals surface area (Å²) < 4.78 is 1.95. The Morgan fingerprint density at radius 1 is 1.00 bits per heavy atom. The van der Waals surface area contributed by atoms with Gasteiger partial charge >= 0.3 is 0 Å². The van der Waals surface area contributed by atoms with Gasteiger partial charge in [0.05, 0.1) is 0 Å². The van der Waals surface area contributed by atoms with Crippen LogP contribution in [-0.4, -0.2) is 11.0 Å². The number of hydrogen-bond donors (Lipinski definition) is 0. The molecule has 86 valence electrons. The fraction of sp³-hybridized carbons (Fsp3) is 0.0714. The van der Waals surface area contributed by atoms with E-state index < -0.39 is 0 Å². The zero-order valence-corrected chi connectivity index (χ0v) is 10.8. The standard InChI is InChI=1S/C14H12BrNO/c15-14-8-6-13(7-9-14)11-16(17)10-12-4-2-1-3-5-12/h1-9,11H,10H2. The molecule has 0 radical (unpaired) electrons. The minimum atomic E-state index is 0.372. The van der Waals surface area contributed by atoms with E-state index in [4.69, 9.17) is 0 Å². The molecular weight excluding hydrogens is 278 g/mol. The van der Waals surface area contributed by atoms with Crippen molar-refractivity contribution >= 4 is 22.1 Å². The molecule has 0 saturated carbocycles. The molecule has 0 amide bonds. The molecule has 0 aromatic heterocycles. The van der Waals surface area contributed by atoms with Crippen LogP contribution in [0.25, 0.3) is 0 Å². The van der Waals surface area contributed by atoms with Crippen LogP contribution in [0.2, 0.25) is 0 Å². The second-order valence-electron chi connectivity index (χ2n) is 3.74. The SMILES string of the molecule is [O-][N+](=Cc1ccc(Br)cc1)Cc1ccccc1. The molecule has 0 spiro atoms. The highest BCUT2D eigenvalue weighted by atomic mass is 79.9. The fourth-order valence-electron chi connectivity index (χ4n) is 1.52. The number of halogens is 1. The second kappa shape index (κ2) is 5.64. The predicted octanol–water partition coefficient (Wildman–Crippen LogP) is 3.58. The summed E-state index contributed by atoms with van der Waals surface area (Å²) in [6.45, 7) is 0.372. The summed E-state index contributed by atoms with van der Waals surface area (Å²) in [5.74, 6) is 0. The Kier molecular flexibility index (Phi) is 3.94. The maximum Gasteiger partial charge on any atom is 0.182 e. The first-order chi connectivity index (χ1) is 8.24. The molecular formula is C14H12BrNO. The Hall–Kier alpha value is -1.61. The van der Waals surface area contributed by atoms with E-state index in [0.717, 1.165) is 20.3 Å². The van der Waals surface area contributed by atoms with Crippen LogP contribution in [0.1, 0.15) is 11.1 Å². The molecule has 17 heavy (non-hydrogen) atoms. The van der Waals surface area contributed by atoms with E-state index in [2.05, 4.69) is 15.9 Å². The first-order valence-corrected chi connectivity index (χ1v) is 6.11. The largest absolute Gasteiger partial charge is 0.624 e. The second-order valence-corrected chi connectivity index (χ2v) is 4.66. The molecule has 0 N–H and O–H groups in total. The lowest BCUT2D eigenvalue weighted by molar-refractivity contribution is -0.469. The van der Waals surface area contributed by atoms with Crippen molar-refractivity contribution in [2.24, 2.45) is 0 Å². The average Bonchev–Trinajstić information content (AvgIpc) is 2.33. The maximum absolute atomic E-state index is 11.7. The van der Waals surface area contributed by atoms with E-state index in [9.17, 15) is 5.21 Å². The summed E-state index contributed by atoms with van der Waals surface area (Å²) in [5.41, 5.74) is 1.91. The van der Waals surface area contributed by atoms with Gasteiger partial charge in [0.15, 0.2) is 12.8 Å². The van der Waals surface area contributed by atoms with Crippen molar-refractivity contribution in [2.45, 2.75) is 6.54 Å². The summed E-state index contributed by atoms with van der Waals surface area (Å²) in [6.07, 6.45) is 1.60. The van der Waals surface area contributed by atoms with Crippen molar-refractivity contribution in [2.75, 3.05) is 0 Å². The predicted molar refractivity (Wildman–Crippen MR) is 73.1 cm³/mol. The highest BCUT2D eigenvalue weighted by Crippen LogP contribution is 2.09. The summed E-state index contributed by atoms with van der Waals surface area (Å²) in [5, 5.41) is 11.7. The van der Waals surface area contributed by atoms with Crippen molar-refractivity contribution in [1.82, 2.24) is 0 Å². The van der Waals surface area contributed by atoms with Gasteiger partial charge < -0.3 is 5.21 Å². The lowest BCUT2D eigenvalue weighted by Crippen LogP contribution is -2.05. The third-order valence-electron chi connectivity index (χ3n) is 2.34. The van der Waals surface area contributed by atoms with Crippen molar-refractivity contribution in [3.63, 3.8) is 0 Å². The normalized spacial score (nSPS) is 11.5. The molecule has 3 heteroatoms. The van der Waals surface area contributed by atoms with Crippen LogP contribution in [0.15, 0.2) is 59.1 Å². The van der Waals surface area contributed by atoms with Gasteiger partial charge in [-0.15, -0.1) is 0 Å². The summed E-state index contributed by atoms with van der Waals surface area (Å²) in [7, 11) is 0. The van der Waals surface area contributed by atoms with Crippen LogP contribution in [0.5, 0.6) is 0 Å². The van der Waals surface area contributed by atoms with Crippen LogP contribution in [0, 0.1) is 5.21 Å². The third kappa shape index (κ3) is 3.71. The highest BCUT2D eigenvalue weighted by Gasteiger charge is 1.98. The number of hydroxylamine groups is 1. The topological polar surface area (TPSA) is 26.1 Å². The maximum atomic E-state index is 11.7. The zero-order valence-electron chi connectivity index (χ0n) is 9.21. The lowest BCUT2D eigenvalue weighted by atomic mass is 10.2. The molecule has 0 aliphatic carbocycles. The molecule has 0 bridgehead atoms. The number of nitrogens with zero attached hydrogens (tertiary/aromatic N) is 1. The average molecular weight is 290 g/mol. The molecule has 2 rings (SSSR count). The monoisotopic (exact) mass is 289 g/mol. The van der Waals surface area contributed by atoms with Crippen molar-refractivity contribution in [3.8, 4) is 0 Å². The molecule has 2 aromatic carbocycles. The van der Waals surface area contributed by atoms with Crippen LogP contribution in [-0.2, 0) is 6.54 Å². The van der Waals surface area contributed by atoms with E-state index in [-0.39, 0.29) is 0 Å². The van der Waals surface area contributed by atoms with E-state index in [1.54, 1.807) is 6.21 Å². The fourth-order valence-corrected chi connectivity index (χ4v) is 1.79. The minimum Gasteiger partial charge on any atom is -0.624 e. The summed E-state index contributed by atoms with van der Waals surface area (Å²) in [4.78, 5) is 0. The zero-order chi connectivity index (χ0) is 12.1.